The molecule has 1 saturated carbocycles. The normalized spacial score (nSPS) is 15.4. The van der Waals surface area contributed by atoms with Gasteiger partial charge in [-0.1, -0.05) is 55.8 Å². The second-order valence-electron chi connectivity index (χ2n) is 6.49. The van der Waals surface area contributed by atoms with Gasteiger partial charge in [-0.25, -0.2) is 9.67 Å². The highest BCUT2D eigenvalue weighted by molar-refractivity contribution is 6.30. The molecule has 1 aliphatic carbocycles. The van der Waals surface area contributed by atoms with Crippen LogP contribution in [0.15, 0.2) is 30.6 Å². The van der Waals surface area contributed by atoms with Crippen LogP contribution >= 0.6 is 11.6 Å². The Labute approximate surface area is 147 Å². The predicted octanol–water partition coefficient (Wildman–Crippen LogP) is 4.28. The molecular formula is C18H23ClN4O. The van der Waals surface area contributed by atoms with Crippen molar-refractivity contribution >= 4 is 23.5 Å². The van der Waals surface area contributed by atoms with Crippen molar-refractivity contribution in [2.45, 2.75) is 51.5 Å². The molecule has 2 aromatic rings. The maximum Gasteiger partial charge on any atom is 0.248 e. The highest BCUT2D eigenvalue weighted by Gasteiger charge is 2.15. The van der Waals surface area contributed by atoms with Crippen LogP contribution in [0.4, 0.5) is 5.95 Å². The number of hydrogen-bond acceptors (Lipinski definition) is 3. The Morgan fingerprint density at radius 3 is 2.92 bits per heavy atom. The molecular weight excluding hydrogens is 324 g/mol. The summed E-state index contributed by atoms with van der Waals surface area (Å²) in [7, 11) is 0. The number of hydrogen-bond donors (Lipinski definition) is 1. The van der Waals surface area contributed by atoms with Crippen LogP contribution in [0.2, 0.25) is 5.02 Å². The van der Waals surface area contributed by atoms with Crippen molar-refractivity contribution < 1.29 is 4.79 Å². The second kappa shape index (κ2) is 8.29. The minimum Gasteiger partial charge on any atom is -0.293 e. The van der Waals surface area contributed by atoms with Crippen LogP contribution in [0.3, 0.4) is 0 Å². The minimum atomic E-state index is 0.000999. The lowest BCUT2D eigenvalue weighted by atomic mass is 9.86. The number of carbonyl (C=O) groups excluding carboxylic acids is 1. The highest BCUT2D eigenvalue weighted by Crippen LogP contribution is 2.27. The van der Waals surface area contributed by atoms with Crippen LogP contribution in [0, 0.1) is 5.92 Å². The van der Waals surface area contributed by atoms with Crippen LogP contribution in [-0.4, -0.2) is 20.7 Å². The Bertz CT molecular complexity index is 679. The van der Waals surface area contributed by atoms with Crippen molar-refractivity contribution in [2.24, 2.45) is 5.92 Å². The van der Waals surface area contributed by atoms with Gasteiger partial charge in [0.05, 0.1) is 6.54 Å². The Balaban J connectivity index is 1.47. The zero-order valence-corrected chi connectivity index (χ0v) is 14.5. The maximum atomic E-state index is 12.0. The third-order valence-corrected chi connectivity index (χ3v) is 4.76. The van der Waals surface area contributed by atoms with E-state index in [4.69, 9.17) is 11.6 Å². The summed E-state index contributed by atoms with van der Waals surface area (Å²) in [6.45, 7) is 0.575. The van der Waals surface area contributed by atoms with Gasteiger partial charge in [-0.15, -0.1) is 5.10 Å². The standard InChI is InChI=1S/C18H23ClN4O/c19-16-8-4-7-15(11-16)12-23-13-20-18(22-23)21-17(24)10-9-14-5-2-1-3-6-14/h4,7-8,11,13-14H,1-3,5-6,9-10,12H2,(H,21,22,24). The zero-order valence-electron chi connectivity index (χ0n) is 13.7. The summed E-state index contributed by atoms with van der Waals surface area (Å²) in [4.78, 5) is 16.2. The van der Waals surface area contributed by atoms with Gasteiger partial charge < -0.3 is 0 Å². The molecule has 128 valence electrons. The average molecular weight is 347 g/mol. The number of nitrogens with zero attached hydrogens (tertiary/aromatic N) is 3. The molecule has 0 aliphatic heterocycles. The molecule has 24 heavy (non-hydrogen) atoms. The van der Waals surface area contributed by atoms with E-state index in [1.54, 1.807) is 11.0 Å². The number of nitrogens with one attached hydrogen (secondary N) is 1. The summed E-state index contributed by atoms with van der Waals surface area (Å²) in [5.41, 5.74) is 1.04. The molecule has 5 nitrogen and oxygen atoms in total. The lowest BCUT2D eigenvalue weighted by Gasteiger charge is -2.20. The smallest absolute Gasteiger partial charge is 0.248 e. The molecule has 1 aromatic carbocycles. The van der Waals surface area contributed by atoms with Gasteiger partial charge in [0.2, 0.25) is 11.9 Å². The quantitative estimate of drug-likeness (QED) is 0.849. The van der Waals surface area contributed by atoms with Gasteiger partial charge >= 0.3 is 0 Å². The van der Waals surface area contributed by atoms with Gasteiger partial charge in [0.1, 0.15) is 6.33 Å². The number of carbonyl (C=O) groups is 1. The van der Waals surface area contributed by atoms with Gasteiger partial charge in [0, 0.05) is 11.4 Å². The van der Waals surface area contributed by atoms with E-state index in [0.29, 0.717) is 29.9 Å². The minimum absolute atomic E-state index is 0.000999. The lowest BCUT2D eigenvalue weighted by molar-refractivity contribution is -0.116. The Morgan fingerprint density at radius 1 is 1.29 bits per heavy atom. The third-order valence-electron chi connectivity index (χ3n) is 4.53. The highest BCUT2D eigenvalue weighted by atomic mass is 35.5. The van der Waals surface area contributed by atoms with Gasteiger partial charge in [-0.2, -0.15) is 0 Å². The molecule has 0 bridgehead atoms. The number of benzene rings is 1. The molecule has 1 heterocycles. The Kier molecular flexibility index (Phi) is 5.86. The van der Waals surface area contributed by atoms with E-state index in [2.05, 4.69) is 15.4 Å². The molecule has 6 heteroatoms. The summed E-state index contributed by atoms with van der Waals surface area (Å²) >= 11 is 5.98. The molecule has 3 rings (SSSR count). The van der Waals surface area contributed by atoms with E-state index in [1.807, 2.05) is 24.3 Å². The van der Waals surface area contributed by atoms with Crippen LogP contribution in [0.1, 0.15) is 50.5 Å². The van der Waals surface area contributed by atoms with E-state index < -0.39 is 0 Å². The maximum absolute atomic E-state index is 12.0. The van der Waals surface area contributed by atoms with Crippen molar-refractivity contribution in [2.75, 3.05) is 5.32 Å². The molecule has 0 spiro atoms. The molecule has 0 unspecified atom stereocenters. The van der Waals surface area contributed by atoms with Crippen LogP contribution in [0.5, 0.6) is 0 Å². The van der Waals surface area contributed by atoms with Gasteiger partial charge in [-0.05, 0) is 30.0 Å². The molecule has 1 N–H and O–H groups in total. The first-order valence-corrected chi connectivity index (χ1v) is 9.00. The fraction of sp³-hybridized carbons (Fsp3) is 0.500. The summed E-state index contributed by atoms with van der Waals surface area (Å²) in [6.07, 6.45) is 9.62. The molecule has 0 saturated heterocycles. The summed E-state index contributed by atoms with van der Waals surface area (Å²) in [6, 6.07) is 7.62. The van der Waals surface area contributed by atoms with Crippen molar-refractivity contribution in [3.8, 4) is 0 Å². The van der Waals surface area contributed by atoms with Gasteiger partial charge in [-0.3, -0.25) is 10.1 Å². The Hall–Kier alpha value is -1.88. The van der Waals surface area contributed by atoms with Gasteiger partial charge in [0.25, 0.3) is 0 Å². The average Bonchev–Trinajstić information content (AvgIpc) is 3.01. The fourth-order valence-electron chi connectivity index (χ4n) is 3.25. The van der Waals surface area contributed by atoms with E-state index in [1.165, 1.54) is 32.1 Å². The van der Waals surface area contributed by atoms with E-state index >= 15 is 0 Å². The molecule has 1 fully saturated rings. The van der Waals surface area contributed by atoms with E-state index in [9.17, 15) is 4.79 Å². The summed E-state index contributed by atoms with van der Waals surface area (Å²) < 4.78 is 1.70. The first-order valence-electron chi connectivity index (χ1n) is 8.63. The third kappa shape index (κ3) is 5.06. The van der Waals surface area contributed by atoms with Gasteiger partial charge in [0.15, 0.2) is 0 Å². The summed E-state index contributed by atoms with van der Waals surface area (Å²) in [5.74, 6) is 1.07. The van der Waals surface area contributed by atoms with E-state index in [0.717, 1.165) is 12.0 Å². The van der Waals surface area contributed by atoms with Crippen LogP contribution < -0.4 is 5.32 Å². The number of amides is 1. The number of halogens is 1. The van der Waals surface area contributed by atoms with Crippen molar-refractivity contribution in [3.63, 3.8) is 0 Å². The first kappa shape index (κ1) is 17.0. The number of anilines is 1. The van der Waals surface area contributed by atoms with Crippen molar-refractivity contribution in [3.05, 3.63) is 41.2 Å². The van der Waals surface area contributed by atoms with Crippen molar-refractivity contribution in [1.29, 1.82) is 0 Å². The zero-order chi connectivity index (χ0) is 16.8. The first-order chi connectivity index (χ1) is 11.7. The SMILES string of the molecule is O=C(CCC1CCCCC1)Nc1ncn(Cc2cccc(Cl)c2)n1. The van der Waals surface area contributed by atoms with Crippen LogP contribution in [-0.2, 0) is 11.3 Å². The topological polar surface area (TPSA) is 59.8 Å². The molecule has 1 amide bonds. The van der Waals surface area contributed by atoms with E-state index in [-0.39, 0.29) is 5.91 Å². The monoisotopic (exact) mass is 346 g/mol. The number of rotatable bonds is 6. The molecule has 0 atom stereocenters. The number of aromatic nitrogens is 3. The fourth-order valence-corrected chi connectivity index (χ4v) is 3.46. The molecule has 1 aliphatic rings. The summed E-state index contributed by atoms with van der Waals surface area (Å²) in [5, 5.41) is 7.79. The molecule has 0 radical (unpaired) electrons. The largest absolute Gasteiger partial charge is 0.293 e. The van der Waals surface area contributed by atoms with Crippen LogP contribution in [0.25, 0.3) is 0 Å². The van der Waals surface area contributed by atoms with Crippen molar-refractivity contribution in [1.82, 2.24) is 14.8 Å². The lowest BCUT2D eigenvalue weighted by Crippen LogP contribution is -2.16. The Morgan fingerprint density at radius 2 is 2.12 bits per heavy atom. The second-order valence-corrected chi connectivity index (χ2v) is 6.92. The molecule has 1 aromatic heterocycles. The predicted molar refractivity (Wildman–Crippen MR) is 95.0 cm³/mol.